The van der Waals surface area contributed by atoms with Gasteiger partial charge in [0.05, 0.1) is 45.0 Å². The summed E-state index contributed by atoms with van der Waals surface area (Å²) in [6.07, 6.45) is 14.9. The predicted molar refractivity (Wildman–Crippen MR) is 593 cm³/mol. The summed E-state index contributed by atoms with van der Waals surface area (Å²) in [5.41, 5.74) is 46.1. The molecule has 0 atom stereocenters. The van der Waals surface area contributed by atoms with Crippen molar-refractivity contribution in [2.75, 3.05) is 0 Å². The van der Waals surface area contributed by atoms with Gasteiger partial charge in [-0.3, -0.25) is 0 Å². The first-order valence-corrected chi connectivity index (χ1v) is 52.5. The molecule has 20 aromatic rings. The second-order valence-corrected chi connectivity index (χ2v) is 46.7. The van der Waals surface area contributed by atoms with Crippen LogP contribution in [0.2, 0.25) is 0 Å². The minimum Gasteiger partial charge on any atom is -0.437 e. The van der Waals surface area contributed by atoms with Gasteiger partial charge in [-0.1, -0.05) is 256 Å². The lowest BCUT2D eigenvalue weighted by Crippen LogP contribution is -2.38. The fraction of sp³-hybridized carbons (Fsp3) is 0.333. The molecule has 0 spiro atoms. The van der Waals surface area contributed by atoms with E-state index in [4.69, 9.17) is 37.6 Å². The molecule has 144 heavy (non-hydrogen) atoms. The van der Waals surface area contributed by atoms with E-state index >= 15 is 0 Å². The summed E-state index contributed by atoms with van der Waals surface area (Å²) in [6.45, 7) is 54.5. The molecule has 4 aliphatic carbocycles. The Morgan fingerprint density at radius 3 is 0.806 bits per heavy atom. The molecule has 24 rings (SSSR count). The zero-order valence-electron chi connectivity index (χ0n) is 89.9. The Hall–Kier alpha value is -13.8. The first-order valence-electron chi connectivity index (χ1n) is 52.5. The van der Waals surface area contributed by atoms with Gasteiger partial charge in [0.15, 0.2) is 47.1 Å². The van der Waals surface area contributed by atoms with Gasteiger partial charge < -0.3 is 17.7 Å². The van der Waals surface area contributed by atoms with E-state index in [2.05, 4.69) is 456 Å². The number of benzene rings is 8. The Labute approximate surface area is 849 Å². The van der Waals surface area contributed by atoms with Crippen LogP contribution < -0.4 is 18.3 Å². The molecule has 0 amide bonds. The molecule has 12 aromatic heterocycles. The zero-order chi connectivity index (χ0) is 102. The molecule has 0 aliphatic heterocycles. The van der Waals surface area contributed by atoms with Gasteiger partial charge in [0.2, 0.25) is 45.6 Å². The average Bonchev–Trinajstić information content (AvgIpc) is 1.54. The smallest absolute Gasteiger partial charge is 0.227 e. The van der Waals surface area contributed by atoms with Gasteiger partial charge in [-0.05, 0) is 244 Å². The molecule has 12 heteroatoms. The number of rotatable bonds is 14. The van der Waals surface area contributed by atoms with Crippen molar-refractivity contribution in [1.29, 1.82) is 0 Å². The molecule has 0 fully saturated rings. The fourth-order valence-electron chi connectivity index (χ4n) is 26.9. The zero-order valence-corrected chi connectivity index (χ0v) is 89.9. The Bertz CT molecular complexity index is 8600. The summed E-state index contributed by atoms with van der Waals surface area (Å²) in [6, 6.07) is 80.2. The van der Waals surface area contributed by atoms with Gasteiger partial charge in [-0.25, -0.2) is 38.2 Å². The van der Waals surface area contributed by atoms with E-state index in [0.29, 0.717) is 23.7 Å². The molecule has 0 saturated heterocycles. The lowest BCUT2D eigenvalue weighted by molar-refractivity contribution is -0.660. The summed E-state index contributed by atoms with van der Waals surface area (Å²) >= 11 is 0. The number of nitrogens with zero attached hydrogens (tertiary/aromatic N) is 8. The molecule has 0 saturated carbocycles. The van der Waals surface area contributed by atoms with Crippen molar-refractivity contribution in [1.82, 2.24) is 19.9 Å². The van der Waals surface area contributed by atoms with E-state index < -0.39 is 0 Å². The second kappa shape index (κ2) is 35.6. The van der Waals surface area contributed by atoms with Crippen LogP contribution in [0.15, 0.2) is 261 Å². The molecule has 12 heterocycles. The highest BCUT2D eigenvalue weighted by Gasteiger charge is 2.53. The molecule has 0 N–H and O–H groups in total. The summed E-state index contributed by atoms with van der Waals surface area (Å²) in [4.78, 5) is 21.4. The van der Waals surface area contributed by atoms with Crippen LogP contribution in [0.5, 0.6) is 0 Å². The number of fused-ring (bicyclic) bond motifs is 24. The Balaban J connectivity index is 0.000000113. The fourth-order valence-corrected chi connectivity index (χ4v) is 26.9. The minimum absolute atomic E-state index is 0.0543. The standard InChI is InChI=1S/C36H41N2O.C34H37N2O.C32H33N2O.C30H29N2O/c1-22-14-17-29(38(9)19-22)30-23(2)15-16-25-27-18-26-24-12-10-11-13-28(24)36(20-34(3,4)5,21-35(6,7)8)32(26)37-33(27)39-31(25)30;1-20(2)17-34(18-21(3)4)28-11-9-8-10-24(28)26-16-27-25-14-13-23(6)30(29-15-12-22(5)19-36(29)7)31(25)37-33(27)35-32(26)34;1-18(2)32(19(3)4)26-11-9-8-10-22(26)24-16-25-23-14-13-21(6)28(27-15-12-20(5)17-34(27)7)29(23)35-31(25)33-30(24)32;1-6-30(7-2)24-11-9-8-10-20(24)22-16-23-21-14-13-19(4)26(25-15-12-18(3)17-32(25)5)27(21)33-29(23)31-28(22)30/h10-19H,20-21H2,1-9H3;8-16,19-21H,17-18H2,1-7H3;8-19H,1-7H3;8-17H,6-7H2,1-5H3/q4*+1. The molecule has 12 nitrogen and oxygen atoms in total. The van der Waals surface area contributed by atoms with E-state index in [-0.39, 0.29) is 32.5 Å². The first kappa shape index (κ1) is 96.3. The Morgan fingerprint density at radius 1 is 0.278 bits per heavy atom. The lowest BCUT2D eigenvalue weighted by Gasteiger charge is -2.41. The van der Waals surface area contributed by atoms with Crippen LogP contribution in [0.25, 0.3) is 178 Å². The second-order valence-electron chi connectivity index (χ2n) is 46.7. The Kier molecular flexibility index (Phi) is 23.8. The van der Waals surface area contributed by atoms with E-state index in [1.807, 2.05) is 0 Å². The van der Waals surface area contributed by atoms with Crippen molar-refractivity contribution in [2.24, 2.45) is 62.7 Å². The number of aromatic nitrogens is 8. The highest BCUT2D eigenvalue weighted by atomic mass is 16.4. The van der Waals surface area contributed by atoms with Gasteiger partial charge in [0.25, 0.3) is 0 Å². The van der Waals surface area contributed by atoms with Crippen LogP contribution in [-0.4, -0.2) is 19.9 Å². The number of aryl methyl sites for hydroxylation is 12. The van der Waals surface area contributed by atoms with E-state index in [0.717, 1.165) is 178 Å². The van der Waals surface area contributed by atoms with Crippen molar-refractivity contribution in [3.63, 3.8) is 0 Å². The summed E-state index contributed by atoms with van der Waals surface area (Å²) < 4.78 is 35.5. The van der Waals surface area contributed by atoms with Crippen LogP contribution >= 0.6 is 0 Å². The quantitative estimate of drug-likeness (QED) is 0.0988. The van der Waals surface area contributed by atoms with Gasteiger partial charge in [0.1, 0.15) is 28.2 Å². The van der Waals surface area contributed by atoms with Gasteiger partial charge >= 0.3 is 0 Å². The van der Waals surface area contributed by atoms with Crippen LogP contribution in [0, 0.1) is 89.9 Å². The minimum atomic E-state index is -0.169. The molecular weight excluding hydrogens is 1760 g/mol. The molecule has 8 aromatic carbocycles. The highest BCUT2D eigenvalue weighted by Crippen LogP contribution is 2.62. The van der Waals surface area contributed by atoms with Crippen molar-refractivity contribution in [2.45, 2.75) is 226 Å². The van der Waals surface area contributed by atoms with Crippen LogP contribution in [0.4, 0.5) is 0 Å². The van der Waals surface area contributed by atoms with Crippen molar-refractivity contribution >= 4 is 88.3 Å². The Morgan fingerprint density at radius 2 is 0.528 bits per heavy atom. The number of hydrogen-bond donors (Lipinski definition) is 0. The molecule has 4 aliphatic rings. The van der Waals surface area contributed by atoms with Gasteiger partial charge in [-0.15, -0.1) is 0 Å². The van der Waals surface area contributed by atoms with Crippen molar-refractivity contribution in [3.05, 3.63) is 333 Å². The summed E-state index contributed by atoms with van der Waals surface area (Å²) in [7, 11) is 8.43. The monoisotopic (exact) mass is 1900 g/mol. The van der Waals surface area contributed by atoms with E-state index in [1.54, 1.807) is 0 Å². The number of pyridine rings is 8. The third-order valence-corrected chi connectivity index (χ3v) is 32.3. The maximum atomic E-state index is 6.76. The molecule has 0 bridgehead atoms. The lowest BCUT2D eigenvalue weighted by atomic mass is 9.63. The predicted octanol–water partition coefficient (Wildman–Crippen LogP) is 32.5. The maximum absolute atomic E-state index is 6.76. The van der Waals surface area contributed by atoms with E-state index in [9.17, 15) is 0 Å². The van der Waals surface area contributed by atoms with Crippen molar-refractivity contribution in [3.8, 4) is 89.5 Å². The third kappa shape index (κ3) is 15.5. The number of furan rings is 4. The topological polar surface area (TPSA) is 120 Å². The van der Waals surface area contributed by atoms with Crippen molar-refractivity contribution < 1.29 is 35.9 Å². The molecule has 728 valence electrons. The van der Waals surface area contributed by atoms with Gasteiger partial charge in [-0.2, -0.15) is 0 Å². The van der Waals surface area contributed by atoms with Crippen LogP contribution in [0.3, 0.4) is 0 Å². The highest BCUT2D eigenvalue weighted by molar-refractivity contribution is 6.14. The normalized spacial score (nSPS) is 14.3. The SMILES string of the molecule is CCC1(CC)c2ccccc2-c2cc3c(nc21)oc1c(-c2ccc(C)c[n+]2C)c(C)ccc13.Cc1ccc(-c2c(C)ccc3c2oc2nc4c(cc23)-c2ccccc2C4(C(C)C)C(C)C)[n+](C)c1.Cc1ccc(-c2c(C)ccc3c2oc2nc4c(cc23)-c2ccccc2C4(CC(C)(C)C)CC(C)(C)C)[n+](C)c1.Cc1ccc(-c2c(C)ccc3c2oc2nc4c(cc23)-c2ccccc2C4(CC(C)C)CC(C)C)[n+](C)c1. The largest absolute Gasteiger partial charge is 0.437 e. The van der Waals surface area contributed by atoms with Gasteiger partial charge in [0, 0.05) is 134 Å². The maximum Gasteiger partial charge on any atom is 0.227 e. The van der Waals surface area contributed by atoms with Crippen LogP contribution in [0.1, 0.15) is 239 Å². The first-order chi connectivity index (χ1) is 68.7. The molecule has 0 radical (unpaired) electrons. The summed E-state index contributed by atoms with van der Waals surface area (Å²) in [5.74, 6) is 1.93. The average molecular weight is 1900 g/mol. The van der Waals surface area contributed by atoms with Crippen LogP contribution in [-0.2, 0) is 49.9 Å². The number of hydrogen-bond acceptors (Lipinski definition) is 8. The molecular formula is C132H140N8O4+4. The summed E-state index contributed by atoms with van der Waals surface area (Å²) in [5, 5.41) is 8.90. The van der Waals surface area contributed by atoms with E-state index in [1.165, 1.54) is 128 Å². The molecule has 0 unspecified atom stereocenters. The third-order valence-electron chi connectivity index (χ3n) is 32.3.